The Morgan fingerprint density at radius 1 is 0.488 bits per heavy atom. The highest BCUT2D eigenvalue weighted by Crippen LogP contribution is 2.37. The summed E-state index contributed by atoms with van der Waals surface area (Å²) in [7, 11) is 0. The maximum atomic E-state index is 10.1. The topological polar surface area (TPSA) is 78.3 Å². The van der Waals surface area contributed by atoms with Crippen LogP contribution in [0.1, 0.15) is 11.1 Å². The van der Waals surface area contributed by atoms with Crippen LogP contribution in [-0.2, 0) is 0 Å². The monoisotopic (exact) mass is 523 g/mol. The van der Waals surface area contributed by atoms with Crippen molar-refractivity contribution in [2.75, 3.05) is 0 Å². The van der Waals surface area contributed by atoms with Crippen LogP contribution in [0.2, 0.25) is 0 Å². The fourth-order valence-electron chi connectivity index (χ4n) is 5.49. The zero-order valence-electron chi connectivity index (χ0n) is 21.9. The fraction of sp³-hybridized carbons (Fsp3) is 0. The molecule has 0 saturated carbocycles. The van der Waals surface area contributed by atoms with Gasteiger partial charge in [-0.25, -0.2) is 0 Å². The highest BCUT2D eigenvalue weighted by molar-refractivity contribution is 6.09. The summed E-state index contributed by atoms with van der Waals surface area (Å²) in [6, 6.07) is 38.9. The van der Waals surface area contributed by atoms with Crippen LogP contribution in [0.15, 0.2) is 128 Å². The molecule has 3 aromatic heterocycles. The van der Waals surface area contributed by atoms with E-state index in [0.717, 1.165) is 60.9 Å². The molecule has 0 aliphatic heterocycles. The maximum absolute atomic E-state index is 10.1. The number of pyridine rings is 2. The summed E-state index contributed by atoms with van der Waals surface area (Å²) in [5, 5.41) is 21.7. The van der Waals surface area contributed by atoms with Crippen LogP contribution in [0.25, 0.3) is 60.9 Å². The Labute approximate surface area is 236 Å². The van der Waals surface area contributed by atoms with Crippen molar-refractivity contribution in [2.45, 2.75) is 0 Å². The molecule has 4 aromatic carbocycles. The molecule has 0 spiro atoms. The van der Waals surface area contributed by atoms with E-state index in [9.17, 15) is 10.5 Å². The maximum Gasteiger partial charge on any atom is 0.0992 e. The number of nitrogens with zero attached hydrogens (tertiary/aromatic N) is 5. The van der Waals surface area contributed by atoms with Crippen molar-refractivity contribution in [2.24, 2.45) is 0 Å². The van der Waals surface area contributed by atoms with Crippen molar-refractivity contribution < 1.29 is 0 Å². The van der Waals surface area contributed by atoms with E-state index in [2.05, 4.69) is 63.1 Å². The Kier molecular flexibility index (Phi) is 5.82. The largest absolute Gasteiger partial charge is 0.309 e. The van der Waals surface area contributed by atoms with Crippen molar-refractivity contribution >= 4 is 21.8 Å². The fourth-order valence-corrected chi connectivity index (χ4v) is 5.49. The molecular weight excluding hydrogens is 502 g/mol. The number of nitriles is 2. The number of hydrogen-bond donors (Lipinski definition) is 0. The zero-order valence-corrected chi connectivity index (χ0v) is 21.9. The van der Waals surface area contributed by atoms with E-state index in [1.807, 2.05) is 79.1 Å². The minimum absolute atomic E-state index is 0.562. The minimum atomic E-state index is 0.562. The van der Waals surface area contributed by atoms with E-state index in [1.165, 1.54) is 0 Å². The van der Waals surface area contributed by atoms with E-state index >= 15 is 0 Å². The summed E-state index contributed by atoms with van der Waals surface area (Å²) in [5.74, 6) is 0. The standard InChI is InChI=1S/C36H21N5/c37-20-24-9-10-36-34(15-24)33-7-1-2-8-35(33)41(36)32-14-25(21-38)13-28(19-32)31-17-29(26-5-3-11-39-22-26)16-30(18-31)27-6-4-12-40-23-27/h1-19,22-23H. The predicted octanol–water partition coefficient (Wildman–Crippen LogP) is 8.32. The van der Waals surface area contributed by atoms with Gasteiger partial charge in [0.2, 0.25) is 0 Å². The smallest absolute Gasteiger partial charge is 0.0992 e. The molecule has 5 heteroatoms. The second-order valence-corrected chi connectivity index (χ2v) is 9.86. The lowest BCUT2D eigenvalue weighted by Gasteiger charge is -2.14. The molecule has 0 unspecified atom stereocenters. The third kappa shape index (κ3) is 4.29. The molecule has 190 valence electrons. The van der Waals surface area contributed by atoms with E-state index in [4.69, 9.17) is 0 Å². The normalized spacial score (nSPS) is 10.9. The van der Waals surface area contributed by atoms with Crippen molar-refractivity contribution in [3.63, 3.8) is 0 Å². The summed E-state index contributed by atoms with van der Waals surface area (Å²) in [5.41, 5.74) is 10.0. The van der Waals surface area contributed by atoms with Crippen LogP contribution in [0.5, 0.6) is 0 Å². The van der Waals surface area contributed by atoms with Crippen molar-refractivity contribution in [1.82, 2.24) is 14.5 Å². The first-order chi connectivity index (χ1) is 20.2. The molecule has 0 bridgehead atoms. The van der Waals surface area contributed by atoms with E-state index in [1.54, 1.807) is 12.4 Å². The molecule has 0 saturated heterocycles. The average molecular weight is 524 g/mol. The molecule has 0 atom stereocenters. The quantitative estimate of drug-likeness (QED) is 0.232. The van der Waals surface area contributed by atoms with Crippen LogP contribution in [0, 0.1) is 22.7 Å². The second kappa shape index (κ2) is 9.93. The molecule has 0 radical (unpaired) electrons. The first kappa shape index (κ1) is 24.0. The van der Waals surface area contributed by atoms with Gasteiger partial charge in [0.15, 0.2) is 0 Å². The second-order valence-electron chi connectivity index (χ2n) is 9.86. The number of aromatic nitrogens is 3. The van der Waals surface area contributed by atoms with Gasteiger partial charge >= 0.3 is 0 Å². The van der Waals surface area contributed by atoms with Gasteiger partial charge in [0, 0.05) is 52.4 Å². The first-order valence-corrected chi connectivity index (χ1v) is 13.2. The molecule has 0 amide bonds. The number of fused-ring (bicyclic) bond motifs is 3. The van der Waals surface area contributed by atoms with Crippen LogP contribution in [0.4, 0.5) is 0 Å². The first-order valence-electron chi connectivity index (χ1n) is 13.2. The number of para-hydroxylation sites is 1. The van der Waals surface area contributed by atoms with Crippen LogP contribution >= 0.6 is 0 Å². The lowest BCUT2D eigenvalue weighted by molar-refractivity contribution is 1.18. The van der Waals surface area contributed by atoms with Crippen LogP contribution in [0.3, 0.4) is 0 Å². The molecule has 41 heavy (non-hydrogen) atoms. The minimum Gasteiger partial charge on any atom is -0.309 e. The Morgan fingerprint density at radius 2 is 1.10 bits per heavy atom. The molecule has 0 aliphatic rings. The molecule has 3 heterocycles. The number of hydrogen-bond acceptors (Lipinski definition) is 4. The highest BCUT2D eigenvalue weighted by Gasteiger charge is 2.15. The van der Waals surface area contributed by atoms with Crippen molar-refractivity contribution in [1.29, 1.82) is 10.5 Å². The summed E-state index contributed by atoms with van der Waals surface area (Å²) in [4.78, 5) is 8.66. The van der Waals surface area contributed by atoms with Crippen LogP contribution < -0.4 is 0 Å². The van der Waals surface area contributed by atoms with Crippen molar-refractivity contribution in [3.8, 4) is 51.2 Å². The van der Waals surface area contributed by atoms with Gasteiger partial charge in [-0.1, -0.05) is 30.3 Å². The van der Waals surface area contributed by atoms with E-state index < -0.39 is 0 Å². The predicted molar refractivity (Wildman–Crippen MR) is 162 cm³/mol. The summed E-state index contributed by atoms with van der Waals surface area (Å²) in [6.45, 7) is 0. The van der Waals surface area contributed by atoms with Gasteiger partial charge in [-0.2, -0.15) is 10.5 Å². The lowest BCUT2D eigenvalue weighted by atomic mass is 9.93. The van der Waals surface area contributed by atoms with Gasteiger partial charge in [-0.05, 0) is 95.1 Å². The molecule has 0 fully saturated rings. The van der Waals surface area contributed by atoms with Gasteiger partial charge in [0.1, 0.15) is 0 Å². The zero-order chi connectivity index (χ0) is 27.8. The van der Waals surface area contributed by atoms with Gasteiger partial charge in [0.05, 0.1) is 34.3 Å². The molecular formula is C36H21N5. The lowest BCUT2D eigenvalue weighted by Crippen LogP contribution is -1.96. The third-order valence-electron chi connectivity index (χ3n) is 7.36. The van der Waals surface area contributed by atoms with Gasteiger partial charge in [-0.3, -0.25) is 9.97 Å². The SMILES string of the molecule is N#Cc1cc(-c2cc(-c3cccnc3)cc(-c3cccnc3)c2)cc(-n2c3ccccc3c3cc(C#N)ccc32)c1. The number of benzene rings is 4. The Balaban J connectivity index is 1.49. The summed E-state index contributed by atoms with van der Waals surface area (Å²) < 4.78 is 2.17. The molecule has 5 nitrogen and oxygen atoms in total. The van der Waals surface area contributed by atoms with E-state index in [-0.39, 0.29) is 0 Å². The Morgan fingerprint density at radius 3 is 1.73 bits per heavy atom. The highest BCUT2D eigenvalue weighted by atomic mass is 15.0. The Bertz CT molecular complexity index is 2110. The average Bonchev–Trinajstić information content (AvgIpc) is 3.38. The van der Waals surface area contributed by atoms with Crippen molar-refractivity contribution in [3.05, 3.63) is 139 Å². The van der Waals surface area contributed by atoms with Gasteiger partial charge < -0.3 is 4.57 Å². The molecule has 0 N–H and O–H groups in total. The Hall–Kier alpha value is -6.04. The molecule has 7 rings (SSSR count). The summed E-state index contributed by atoms with van der Waals surface area (Å²) in [6.07, 6.45) is 7.25. The van der Waals surface area contributed by atoms with Gasteiger partial charge in [0.25, 0.3) is 0 Å². The summed E-state index contributed by atoms with van der Waals surface area (Å²) >= 11 is 0. The molecule has 0 aliphatic carbocycles. The van der Waals surface area contributed by atoms with Crippen LogP contribution in [-0.4, -0.2) is 14.5 Å². The third-order valence-corrected chi connectivity index (χ3v) is 7.36. The molecule has 7 aromatic rings. The van der Waals surface area contributed by atoms with Gasteiger partial charge in [-0.15, -0.1) is 0 Å². The number of rotatable bonds is 4. The van der Waals surface area contributed by atoms with E-state index in [0.29, 0.717) is 11.1 Å².